The van der Waals surface area contributed by atoms with Crippen molar-refractivity contribution in [2.45, 2.75) is 75.7 Å². The van der Waals surface area contributed by atoms with Crippen LogP contribution in [0.4, 0.5) is 4.79 Å². The van der Waals surface area contributed by atoms with E-state index in [1.54, 1.807) is 0 Å². The number of benzene rings is 1. The number of urea groups is 1. The number of aryl methyl sites for hydroxylation is 2. The van der Waals surface area contributed by atoms with Crippen LogP contribution in [0.1, 0.15) is 66.8 Å². The van der Waals surface area contributed by atoms with Gasteiger partial charge >= 0.3 is 6.03 Å². The van der Waals surface area contributed by atoms with Crippen molar-refractivity contribution in [2.24, 2.45) is 11.8 Å². The number of carbonyl (C=O) groups is 3. The van der Waals surface area contributed by atoms with Gasteiger partial charge in [-0.15, -0.1) is 0 Å². The highest BCUT2D eigenvalue weighted by molar-refractivity contribution is 9.10. The van der Waals surface area contributed by atoms with Crippen molar-refractivity contribution < 1.29 is 19.1 Å². The number of nitrogens with one attached hydrogen (secondary N) is 2. The van der Waals surface area contributed by atoms with Crippen LogP contribution in [0.2, 0.25) is 5.02 Å². The number of piperidine rings is 2. The largest absolute Gasteiger partial charge is 0.353 e. The van der Waals surface area contributed by atoms with E-state index in [-0.39, 0.29) is 30.6 Å². The van der Waals surface area contributed by atoms with Crippen LogP contribution in [-0.2, 0) is 27.2 Å². The minimum Gasteiger partial charge on any atom is -0.353 e. The Labute approximate surface area is 279 Å². The molecule has 4 atom stereocenters. The number of fused-ring (bicyclic) bond motifs is 2. The van der Waals surface area contributed by atoms with Gasteiger partial charge in [0.1, 0.15) is 12.3 Å². The van der Waals surface area contributed by atoms with Crippen molar-refractivity contribution in [3.63, 3.8) is 0 Å². The molecule has 2 N–H and O–H groups in total. The predicted octanol–water partition coefficient (Wildman–Crippen LogP) is 5.15. The lowest BCUT2D eigenvalue weighted by Crippen LogP contribution is -2.43. The first-order valence-electron chi connectivity index (χ1n) is 15.6. The van der Waals surface area contributed by atoms with Gasteiger partial charge in [0.15, 0.2) is 0 Å². The maximum Gasteiger partial charge on any atom is 0.322 e. The lowest BCUT2D eigenvalue weighted by molar-refractivity contribution is -0.135. The summed E-state index contributed by atoms with van der Waals surface area (Å²) < 4.78 is 8.33. The molecule has 1 aromatic heterocycles. The van der Waals surface area contributed by atoms with Crippen LogP contribution >= 0.6 is 43.5 Å². The zero-order valence-corrected chi connectivity index (χ0v) is 28.3. The molecule has 0 saturated carbocycles. The lowest BCUT2D eigenvalue weighted by atomic mass is 9.76. The Morgan fingerprint density at radius 2 is 1.77 bits per heavy atom. The van der Waals surface area contributed by atoms with Gasteiger partial charge in [0, 0.05) is 52.3 Å². The summed E-state index contributed by atoms with van der Waals surface area (Å²) in [4.78, 5) is 45.2. The van der Waals surface area contributed by atoms with Crippen molar-refractivity contribution in [1.82, 2.24) is 25.4 Å². The van der Waals surface area contributed by atoms with Crippen LogP contribution in [0, 0.1) is 11.8 Å². The van der Waals surface area contributed by atoms with Crippen molar-refractivity contribution >= 4 is 61.3 Å². The minimum absolute atomic E-state index is 0.0162. The van der Waals surface area contributed by atoms with Crippen molar-refractivity contribution in [3.8, 4) is 0 Å². The molecule has 1 aromatic carbocycles. The number of amides is 4. The van der Waals surface area contributed by atoms with E-state index in [9.17, 15) is 14.4 Å². The second-order valence-corrected chi connectivity index (χ2v) is 15.1. The first-order valence-corrected chi connectivity index (χ1v) is 17.6. The molecule has 4 amide bonds. The van der Waals surface area contributed by atoms with E-state index in [0.29, 0.717) is 24.9 Å². The fourth-order valence-corrected chi connectivity index (χ4v) is 9.32. The summed E-state index contributed by atoms with van der Waals surface area (Å²) in [5, 5.41) is 5.47. The molecule has 1 aliphatic carbocycles. The predicted molar refractivity (Wildman–Crippen MR) is 172 cm³/mol. The number of epoxide rings is 1. The smallest absolute Gasteiger partial charge is 0.322 e. The van der Waals surface area contributed by atoms with Gasteiger partial charge in [-0.25, -0.2) is 4.79 Å². The molecule has 234 valence electrons. The average molecular weight is 750 g/mol. The van der Waals surface area contributed by atoms with Gasteiger partial charge in [-0.2, -0.15) is 0 Å². The monoisotopic (exact) mass is 747 g/mol. The number of aromatic nitrogens is 1. The van der Waals surface area contributed by atoms with Gasteiger partial charge < -0.3 is 15.0 Å². The number of likely N-dealkylation sites (tertiary alicyclic amines) is 2. The van der Waals surface area contributed by atoms with Crippen LogP contribution in [0.15, 0.2) is 33.3 Å². The summed E-state index contributed by atoms with van der Waals surface area (Å²) in [5.41, 5.74) is 5.19. The van der Waals surface area contributed by atoms with Crippen LogP contribution < -0.4 is 10.6 Å². The Kier molecular flexibility index (Phi) is 8.78. The van der Waals surface area contributed by atoms with Crippen LogP contribution in [-0.4, -0.2) is 77.2 Å². The lowest BCUT2D eigenvalue weighted by Gasteiger charge is -2.36. The number of halogens is 3. The highest BCUT2D eigenvalue weighted by atomic mass is 79.9. The van der Waals surface area contributed by atoms with Gasteiger partial charge in [0.2, 0.25) is 5.91 Å². The number of ether oxygens (including phenoxy) is 1. The molecule has 4 saturated heterocycles. The zero-order valence-electron chi connectivity index (χ0n) is 24.4. The summed E-state index contributed by atoms with van der Waals surface area (Å²) in [7, 11) is 0. The number of hydrogen-bond donors (Lipinski definition) is 2. The van der Waals surface area contributed by atoms with Crippen LogP contribution in [0.3, 0.4) is 0 Å². The minimum atomic E-state index is -0.761. The zero-order chi connectivity index (χ0) is 30.5. The first-order chi connectivity index (χ1) is 21.2. The molecule has 12 heteroatoms. The maximum absolute atomic E-state index is 12.7. The molecule has 5 heterocycles. The maximum atomic E-state index is 12.7. The molecule has 2 aromatic rings. The van der Waals surface area contributed by atoms with Gasteiger partial charge in [-0.1, -0.05) is 27.5 Å². The van der Waals surface area contributed by atoms with Crippen LogP contribution in [0.5, 0.6) is 0 Å². The Hall–Kier alpha value is -2.05. The van der Waals surface area contributed by atoms with E-state index in [1.807, 2.05) is 17.2 Å². The molecule has 4 fully saturated rings. The first kappa shape index (κ1) is 30.6. The third-order valence-electron chi connectivity index (χ3n) is 10.1. The Morgan fingerprint density at radius 1 is 1.02 bits per heavy atom. The standard InChI is InChI=1S/C32H36Br2ClN5O4/c33-21-12-20-2-1-19-13-22(35)14-23(34)27(19)28(29(20)36-16-21)18-5-9-40(10-6-18)31-25(44-31)11-17-3-7-39(8-4-17)26(41)15-24-30(42)38-32(43)37-24/h12-14,16-18,24-25,28,31H,1-11,15H2,(H2,37,38,42,43)/t24?,25?,28-,31?/m1/s1. The summed E-state index contributed by atoms with van der Waals surface area (Å²) in [6.07, 6.45) is 9.37. The molecule has 7 rings (SSSR count). The molecule has 0 spiro atoms. The van der Waals surface area contributed by atoms with E-state index < -0.39 is 18.0 Å². The molecular weight excluding hydrogens is 714 g/mol. The molecule has 44 heavy (non-hydrogen) atoms. The quantitative estimate of drug-likeness (QED) is 0.313. The van der Waals surface area contributed by atoms with Gasteiger partial charge in [-0.3, -0.25) is 24.8 Å². The number of carbonyl (C=O) groups excluding carboxylic acids is 3. The van der Waals surface area contributed by atoms with Gasteiger partial charge in [0.05, 0.1) is 18.2 Å². The van der Waals surface area contributed by atoms with E-state index in [4.69, 9.17) is 21.3 Å². The van der Waals surface area contributed by atoms with Crippen molar-refractivity contribution in [3.05, 3.63) is 60.7 Å². The van der Waals surface area contributed by atoms with Crippen molar-refractivity contribution in [2.75, 3.05) is 26.2 Å². The number of hydrogen-bond acceptors (Lipinski definition) is 6. The molecule has 9 nitrogen and oxygen atoms in total. The average Bonchev–Trinajstić information content (AvgIpc) is 3.72. The van der Waals surface area contributed by atoms with E-state index >= 15 is 0 Å². The molecule has 0 radical (unpaired) electrons. The second kappa shape index (κ2) is 12.6. The van der Waals surface area contributed by atoms with Gasteiger partial charge in [-0.05, 0) is 108 Å². The Balaban J connectivity index is 0.930. The number of pyridine rings is 1. The molecule has 0 bridgehead atoms. The highest BCUT2D eigenvalue weighted by Crippen LogP contribution is 2.47. The van der Waals surface area contributed by atoms with E-state index in [0.717, 1.165) is 72.0 Å². The van der Waals surface area contributed by atoms with E-state index in [2.05, 4.69) is 59.5 Å². The van der Waals surface area contributed by atoms with Crippen LogP contribution in [0.25, 0.3) is 0 Å². The molecule has 3 unspecified atom stereocenters. The summed E-state index contributed by atoms with van der Waals surface area (Å²) in [6.45, 7) is 3.38. The Morgan fingerprint density at radius 3 is 2.50 bits per heavy atom. The third-order valence-corrected chi connectivity index (χ3v) is 11.5. The number of imide groups is 1. The fourth-order valence-electron chi connectivity index (χ4n) is 7.82. The molecular formula is C32H36Br2ClN5O4. The summed E-state index contributed by atoms with van der Waals surface area (Å²) in [5.74, 6) is 0.731. The highest BCUT2D eigenvalue weighted by Gasteiger charge is 2.47. The van der Waals surface area contributed by atoms with Crippen molar-refractivity contribution in [1.29, 1.82) is 0 Å². The van der Waals surface area contributed by atoms with Gasteiger partial charge in [0.25, 0.3) is 5.91 Å². The molecule has 4 aliphatic heterocycles. The third kappa shape index (κ3) is 6.32. The summed E-state index contributed by atoms with van der Waals surface area (Å²) in [6, 6.07) is 5.12. The fraction of sp³-hybridized carbons (Fsp3) is 0.562. The summed E-state index contributed by atoms with van der Waals surface area (Å²) >= 11 is 14.0. The molecule has 5 aliphatic rings. The topological polar surface area (TPSA) is 107 Å². The normalized spacial score (nSPS) is 27.8. The second-order valence-electron chi connectivity index (χ2n) is 12.9. The SMILES string of the molecule is O=C1NC(=O)C(CC(=O)N2CCC(CC3OC3N3CCC([C@H]4c5ncc(Br)cc5CCc5cc(Cl)cc(Br)c54)CC3)CC2)N1. The Bertz CT molecular complexity index is 1480. The number of nitrogens with zero attached hydrogens (tertiary/aromatic N) is 3. The number of rotatable bonds is 6. The van der Waals surface area contributed by atoms with E-state index in [1.165, 1.54) is 22.4 Å².